The molecular formula is C21H22FNO2. The molecule has 0 radical (unpaired) electrons. The van der Waals surface area contributed by atoms with Crippen LogP contribution in [-0.4, -0.2) is 29.7 Å². The third-order valence-electron chi connectivity index (χ3n) is 4.86. The third-order valence-corrected chi connectivity index (χ3v) is 4.86. The summed E-state index contributed by atoms with van der Waals surface area (Å²) in [6, 6.07) is 14.2. The average Bonchev–Trinajstić information content (AvgIpc) is 2.64. The molecule has 0 bridgehead atoms. The van der Waals surface area contributed by atoms with Crippen molar-refractivity contribution in [2.24, 2.45) is 5.92 Å². The zero-order valence-corrected chi connectivity index (χ0v) is 14.4. The van der Waals surface area contributed by atoms with E-state index in [1.807, 2.05) is 35.2 Å². The van der Waals surface area contributed by atoms with E-state index in [1.165, 1.54) is 6.07 Å². The number of ketones is 1. The van der Waals surface area contributed by atoms with Gasteiger partial charge in [-0.05, 0) is 49.1 Å². The van der Waals surface area contributed by atoms with Crippen molar-refractivity contribution in [2.75, 3.05) is 13.1 Å². The van der Waals surface area contributed by atoms with Crippen LogP contribution < -0.4 is 0 Å². The van der Waals surface area contributed by atoms with E-state index in [0.717, 1.165) is 5.56 Å². The molecule has 0 spiro atoms. The maximum Gasteiger partial charge on any atom is 0.226 e. The normalized spacial score (nSPS) is 15.2. The lowest BCUT2D eigenvalue weighted by Gasteiger charge is -2.31. The minimum absolute atomic E-state index is 0.0539. The second-order valence-corrected chi connectivity index (χ2v) is 6.65. The number of hydrogen-bond donors (Lipinski definition) is 0. The molecule has 1 amide bonds. The van der Waals surface area contributed by atoms with E-state index in [2.05, 4.69) is 0 Å². The summed E-state index contributed by atoms with van der Waals surface area (Å²) in [6.45, 7) is 2.86. The summed E-state index contributed by atoms with van der Waals surface area (Å²) in [7, 11) is 0. The molecule has 0 atom stereocenters. The quantitative estimate of drug-likeness (QED) is 0.795. The maximum absolute atomic E-state index is 13.4. The standard InChI is InChI=1S/C21H22FNO2/c1-15-13-18(7-8-19(15)22)21(25)17-9-11-23(12-10-17)20(24)14-16-5-3-2-4-6-16/h2-8,13,17H,9-12,14H2,1H3. The molecule has 1 aliphatic rings. The highest BCUT2D eigenvalue weighted by molar-refractivity contribution is 5.98. The molecule has 3 nitrogen and oxygen atoms in total. The fourth-order valence-electron chi connectivity index (χ4n) is 3.31. The number of Topliss-reactive ketones (excluding diaryl/α,β-unsaturated/α-hetero) is 1. The summed E-state index contributed by atoms with van der Waals surface area (Å²) < 4.78 is 13.4. The predicted molar refractivity (Wildman–Crippen MR) is 94.9 cm³/mol. The SMILES string of the molecule is Cc1cc(C(=O)C2CCN(C(=O)Cc3ccccc3)CC2)ccc1F. The first-order valence-corrected chi connectivity index (χ1v) is 8.66. The Morgan fingerprint density at radius 2 is 1.76 bits per heavy atom. The van der Waals surface area contributed by atoms with Gasteiger partial charge in [0.05, 0.1) is 6.42 Å². The van der Waals surface area contributed by atoms with Crippen molar-refractivity contribution in [3.05, 3.63) is 71.0 Å². The molecule has 4 heteroatoms. The Kier molecular flexibility index (Phi) is 5.27. The molecule has 2 aromatic carbocycles. The van der Waals surface area contributed by atoms with Crippen molar-refractivity contribution < 1.29 is 14.0 Å². The fraction of sp³-hybridized carbons (Fsp3) is 0.333. The van der Waals surface area contributed by atoms with Crippen molar-refractivity contribution in [2.45, 2.75) is 26.2 Å². The number of piperidine rings is 1. The van der Waals surface area contributed by atoms with Crippen LogP contribution in [0.4, 0.5) is 4.39 Å². The summed E-state index contributed by atoms with van der Waals surface area (Å²) in [5, 5.41) is 0. The highest BCUT2D eigenvalue weighted by Gasteiger charge is 2.28. The summed E-state index contributed by atoms with van der Waals surface area (Å²) in [5.74, 6) is -0.225. The van der Waals surface area contributed by atoms with Crippen LogP contribution in [0.5, 0.6) is 0 Å². The van der Waals surface area contributed by atoms with Crippen LogP contribution in [-0.2, 0) is 11.2 Å². The summed E-state index contributed by atoms with van der Waals surface area (Å²) in [5.41, 5.74) is 2.06. The van der Waals surface area contributed by atoms with Crippen LogP contribution >= 0.6 is 0 Å². The molecule has 0 saturated carbocycles. The molecule has 0 N–H and O–H groups in total. The predicted octanol–water partition coefficient (Wildman–Crippen LogP) is 3.80. The molecule has 0 aromatic heterocycles. The van der Waals surface area contributed by atoms with Crippen LogP contribution in [0.15, 0.2) is 48.5 Å². The Morgan fingerprint density at radius 3 is 2.40 bits per heavy atom. The minimum atomic E-state index is -0.294. The van der Waals surface area contributed by atoms with Gasteiger partial charge in [-0.15, -0.1) is 0 Å². The van der Waals surface area contributed by atoms with Crippen molar-refractivity contribution in [3.8, 4) is 0 Å². The van der Waals surface area contributed by atoms with E-state index in [-0.39, 0.29) is 23.4 Å². The smallest absolute Gasteiger partial charge is 0.226 e. The Bertz CT molecular complexity index is 765. The van der Waals surface area contributed by atoms with Gasteiger partial charge in [0.2, 0.25) is 5.91 Å². The van der Waals surface area contributed by atoms with E-state index in [1.54, 1.807) is 19.1 Å². The molecule has 3 rings (SSSR count). The van der Waals surface area contributed by atoms with Crippen LogP contribution in [0.2, 0.25) is 0 Å². The largest absolute Gasteiger partial charge is 0.342 e. The van der Waals surface area contributed by atoms with Gasteiger partial charge < -0.3 is 4.90 Å². The number of rotatable bonds is 4. The number of carbonyl (C=O) groups excluding carboxylic acids is 2. The van der Waals surface area contributed by atoms with E-state index >= 15 is 0 Å². The van der Waals surface area contributed by atoms with Gasteiger partial charge in [-0.2, -0.15) is 0 Å². The first-order valence-electron chi connectivity index (χ1n) is 8.66. The number of benzene rings is 2. The highest BCUT2D eigenvalue weighted by atomic mass is 19.1. The van der Waals surface area contributed by atoms with Gasteiger partial charge in [0.15, 0.2) is 5.78 Å². The topological polar surface area (TPSA) is 37.4 Å². The maximum atomic E-state index is 13.4. The molecule has 1 heterocycles. The van der Waals surface area contributed by atoms with Gasteiger partial charge in [0, 0.05) is 24.6 Å². The van der Waals surface area contributed by atoms with Gasteiger partial charge in [0.25, 0.3) is 0 Å². The molecule has 1 aliphatic heterocycles. The number of halogens is 1. The van der Waals surface area contributed by atoms with Crippen molar-refractivity contribution in [3.63, 3.8) is 0 Å². The number of likely N-dealkylation sites (tertiary alicyclic amines) is 1. The average molecular weight is 339 g/mol. The van der Waals surface area contributed by atoms with Crippen LogP contribution in [0.3, 0.4) is 0 Å². The molecule has 130 valence electrons. The Hall–Kier alpha value is -2.49. The first-order chi connectivity index (χ1) is 12.0. The number of hydrogen-bond acceptors (Lipinski definition) is 2. The van der Waals surface area contributed by atoms with Crippen LogP contribution in [0, 0.1) is 18.7 Å². The van der Waals surface area contributed by atoms with Gasteiger partial charge in [-0.3, -0.25) is 9.59 Å². The zero-order valence-electron chi connectivity index (χ0n) is 14.4. The van der Waals surface area contributed by atoms with Crippen LogP contribution in [0.25, 0.3) is 0 Å². The Morgan fingerprint density at radius 1 is 1.08 bits per heavy atom. The molecule has 1 fully saturated rings. The molecular weight excluding hydrogens is 317 g/mol. The monoisotopic (exact) mass is 339 g/mol. The lowest BCUT2D eigenvalue weighted by atomic mass is 9.88. The lowest BCUT2D eigenvalue weighted by molar-refractivity contribution is -0.131. The summed E-state index contributed by atoms with van der Waals surface area (Å²) in [6.07, 6.45) is 1.72. The number of aryl methyl sites for hydroxylation is 1. The van der Waals surface area contributed by atoms with E-state index in [4.69, 9.17) is 0 Å². The molecule has 25 heavy (non-hydrogen) atoms. The van der Waals surface area contributed by atoms with Crippen molar-refractivity contribution in [1.29, 1.82) is 0 Å². The second kappa shape index (κ2) is 7.60. The van der Waals surface area contributed by atoms with E-state index in [9.17, 15) is 14.0 Å². The Labute approximate surface area is 147 Å². The summed E-state index contributed by atoms with van der Waals surface area (Å²) >= 11 is 0. The van der Waals surface area contributed by atoms with Crippen LogP contribution in [0.1, 0.15) is 34.3 Å². The number of nitrogens with zero attached hydrogens (tertiary/aromatic N) is 1. The second-order valence-electron chi connectivity index (χ2n) is 6.65. The van der Waals surface area contributed by atoms with Crippen molar-refractivity contribution in [1.82, 2.24) is 4.90 Å². The number of carbonyl (C=O) groups is 2. The highest BCUT2D eigenvalue weighted by Crippen LogP contribution is 2.23. The van der Waals surface area contributed by atoms with E-state index in [0.29, 0.717) is 43.5 Å². The Balaban J connectivity index is 1.57. The number of amides is 1. The third kappa shape index (κ3) is 4.13. The van der Waals surface area contributed by atoms with Gasteiger partial charge in [0.1, 0.15) is 5.82 Å². The molecule has 1 saturated heterocycles. The summed E-state index contributed by atoms with van der Waals surface area (Å²) in [4.78, 5) is 26.8. The zero-order chi connectivity index (χ0) is 17.8. The molecule has 2 aromatic rings. The lowest BCUT2D eigenvalue weighted by Crippen LogP contribution is -2.41. The molecule has 0 unspecified atom stereocenters. The van der Waals surface area contributed by atoms with Crippen molar-refractivity contribution >= 4 is 11.7 Å². The fourth-order valence-corrected chi connectivity index (χ4v) is 3.31. The molecule has 0 aliphatic carbocycles. The van der Waals surface area contributed by atoms with E-state index < -0.39 is 0 Å². The van der Waals surface area contributed by atoms with Gasteiger partial charge in [-0.25, -0.2) is 4.39 Å². The van der Waals surface area contributed by atoms with Gasteiger partial charge >= 0.3 is 0 Å². The first kappa shape index (κ1) is 17.3. The minimum Gasteiger partial charge on any atom is -0.342 e. The van der Waals surface area contributed by atoms with Gasteiger partial charge in [-0.1, -0.05) is 30.3 Å².